The van der Waals surface area contributed by atoms with E-state index in [0.717, 1.165) is 62.0 Å². The van der Waals surface area contributed by atoms with Gasteiger partial charge in [0, 0.05) is 52.6 Å². The summed E-state index contributed by atoms with van der Waals surface area (Å²) in [5.74, 6) is 0.519. The summed E-state index contributed by atoms with van der Waals surface area (Å²) in [5, 5.41) is 0. The topological polar surface area (TPSA) is 116 Å². The maximum absolute atomic E-state index is 5.35. The van der Waals surface area contributed by atoms with Gasteiger partial charge in [-0.25, -0.2) is 24.9 Å². The van der Waals surface area contributed by atoms with Crippen molar-refractivity contribution in [2.24, 2.45) is 0 Å². The molecule has 0 N–H and O–H groups in total. The van der Waals surface area contributed by atoms with E-state index in [9.17, 15) is 0 Å². The highest BCUT2D eigenvalue weighted by Gasteiger charge is 2.19. The van der Waals surface area contributed by atoms with Gasteiger partial charge in [0.1, 0.15) is 0 Å². The average Bonchev–Trinajstić information content (AvgIpc) is 3.35. The summed E-state index contributed by atoms with van der Waals surface area (Å²) in [6.45, 7) is 0. The smallest absolute Gasteiger partial charge is 0.160 e. The van der Waals surface area contributed by atoms with Crippen LogP contribution in [0.2, 0.25) is 0 Å². The van der Waals surface area contributed by atoms with Crippen LogP contribution in [0.3, 0.4) is 0 Å². The van der Waals surface area contributed by atoms with Gasteiger partial charge in [0.25, 0.3) is 0 Å². The van der Waals surface area contributed by atoms with E-state index in [2.05, 4.69) is 56.3 Å². The molecule has 0 spiro atoms. The van der Waals surface area contributed by atoms with Crippen molar-refractivity contribution >= 4 is 0 Å². The number of nitrogens with zero attached hydrogens (tertiary/aromatic N) is 9. The minimum atomic E-state index is 0.519. The van der Waals surface area contributed by atoms with Crippen molar-refractivity contribution in [3.8, 4) is 102 Å². The first kappa shape index (κ1) is 35.9. The number of rotatable bonds is 9. The molecule has 8 aromatic heterocycles. The summed E-state index contributed by atoms with van der Waals surface area (Å²) in [6.07, 6.45) is 7.08. The Bertz CT molecular complexity index is 2540. The monoisotopic (exact) mass is 771 g/mol. The number of pyridine rings is 7. The molecule has 0 aliphatic carbocycles. The standard InChI is InChI=1S/C51H33N9/c1-3-15-34(16-4-1)43-31-38(32-44(56-43)35-17-5-2-6-18-35)51-59-45(36-27-47(39-19-7-11-23-52-39)57-48(28-36)40-20-8-12-24-53-40)33-46(60-51)37-29-49(41-21-9-13-25-54-41)58-50(30-37)42-22-10-14-26-55-42/h1-33H. The Morgan fingerprint density at radius 2 is 0.500 bits per heavy atom. The fourth-order valence-electron chi connectivity index (χ4n) is 6.98. The van der Waals surface area contributed by atoms with Crippen molar-refractivity contribution < 1.29 is 0 Å². The van der Waals surface area contributed by atoms with E-state index in [4.69, 9.17) is 24.9 Å². The third-order valence-corrected chi connectivity index (χ3v) is 9.90. The minimum absolute atomic E-state index is 0.519. The molecule has 0 bridgehead atoms. The minimum Gasteiger partial charge on any atom is -0.255 e. The second-order valence-electron chi connectivity index (χ2n) is 13.9. The average molecular weight is 772 g/mol. The molecule has 9 nitrogen and oxygen atoms in total. The second-order valence-corrected chi connectivity index (χ2v) is 13.9. The van der Waals surface area contributed by atoms with Crippen LogP contribution in [0.15, 0.2) is 201 Å². The normalized spacial score (nSPS) is 11.0. The van der Waals surface area contributed by atoms with Crippen molar-refractivity contribution in [2.75, 3.05) is 0 Å². The van der Waals surface area contributed by atoms with Crippen LogP contribution in [-0.4, -0.2) is 44.9 Å². The molecule has 0 aliphatic rings. The van der Waals surface area contributed by atoms with Gasteiger partial charge in [0.2, 0.25) is 0 Å². The van der Waals surface area contributed by atoms with Crippen LogP contribution in [0.25, 0.3) is 102 Å². The Hall–Kier alpha value is -8.43. The zero-order valence-corrected chi connectivity index (χ0v) is 32.1. The molecule has 9 heteroatoms. The van der Waals surface area contributed by atoms with Crippen LogP contribution in [-0.2, 0) is 0 Å². The fraction of sp³-hybridized carbons (Fsp3) is 0. The molecule has 0 radical (unpaired) electrons. The maximum Gasteiger partial charge on any atom is 0.160 e. The fourth-order valence-corrected chi connectivity index (χ4v) is 6.98. The van der Waals surface area contributed by atoms with E-state index in [1.54, 1.807) is 24.8 Å². The van der Waals surface area contributed by atoms with E-state index < -0.39 is 0 Å². The molecule has 0 amide bonds. The third kappa shape index (κ3) is 7.66. The molecule has 282 valence electrons. The van der Waals surface area contributed by atoms with Gasteiger partial charge >= 0.3 is 0 Å². The lowest BCUT2D eigenvalue weighted by Gasteiger charge is -2.14. The number of hydrogen-bond donors (Lipinski definition) is 0. The lowest BCUT2D eigenvalue weighted by atomic mass is 10.0. The summed E-state index contributed by atoms with van der Waals surface area (Å²) < 4.78 is 0. The van der Waals surface area contributed by atoms with Crippen LogP contribution < -0.4 is 0 Å². The van der Waals surface area contributed by atoms with Crippen molar-refractivity contribution in [3.63, 3.8) is 0 Å². The number of hydrogen-bond acceptors (Lipinski definition) is 9. The van der Waals surface area contributed by atoms with E-state index in [1.807, 2.05) is 140 Å². The molecule has 2 aromatic carbocycles. The SMILES string of the molecule is c1ccc(-c2cc(-c3nc(-c4cc(-c5ccccn5)nc(-c5ccccn5)c4)cc(-c4cc(-c5ccccn5)nc(-c5ccccn5)c4)n3)cc(-c3ccccc3)n2)cc1. The Morgan fingerprint density at radius 1 is 0.200 bits per heavy atom. The van der Waals surface area contributed by atoms with Gasteiger partial charge in [-0.15, -0.1) is 0 Å². The number of aromatic nitrogens is 9. The van der Waals surface area contributed by atoms with Crippen molar-refractivity contribution in [1.29, 1.82) is 0 Å². The van der Waals surface area contributed by atoms with E-state index in [1.165, 1.54) is 0 Å². The van der Waals surface area contributed by atoms with Gasteiger partial charge in [0.05, 0.1) is 68.3 Å². The zero-order valence-electron chi connectivity index (χ0n) is 32.1. The van der Waals surface area contributed by atoms with E-state index in [-0.39, 0.29) is 0 Å². The van der Waals surface area contributed by atoms with Crippen LogP contribution in [0, 0.1) is 0 Å². The molecule has 0 saturated heterocycles. The molecule has 0 unspecified atom stereocenters. The number of benzene rings is 2. The van der Waals surface area contributed by atoms with Gasteiger partial charge in [-0.3, -0.25) is 19.9 Å². The van der Waals surface area contributed by atoms with Crippen LogP contribution in [0.5, 0.6) is 0 Å². The molecule has 0 aliphatic heterocycles. The quantitative estimate of drug-likeness (QED) is 0.141. The van der Waals surface area contributed by atoms with E-state index >= 15 is 0 Å². The van der Waals surface area contributed by atoms with Gasteiger partial charge < -0.3 is 0 Å². The molecule has 10 aromatic rings. The highest BCUT2D eigenvalue weighted by Crippen LogP contribution is 2.36. The molecule has 0 saturated carbocycles. The molecule has 0 atom stereocenters. The Labute approximate surface area is 346 Å². The summed E-state index contributed by atoms with van der Waals surface area (Å²) in [4.78, 5) is 44.6. The largest absolute Gasteiger partial charge is 0.255 e. The summed E-state index contributed by atoms with van der Waals surface area (Å²) in [5.41, 5.74) is 13.1. The highest BCUT2D eigenvalue weighted by atomic mass is 14.9. The van der Waals surface area contributed by atoms with E-state index in [0.29, 0.717) is 40.0 Å². The third-order valence-electron chi connectivity index (χ3n) is 9.90. The van der Waals surface area contributed by atoms with Gasteiger partial charge in [-0.05, 0) is 91.0 Å². The Balaban J connectivity index is 1.24. The summed E-state index contributed by atoms with van der Waals surface area (Å²) >= 11 is 0. The van der Waals surface area contributed by atoms with Gasteiger partial charge in [0.15, 0.2) is 5.82 Å². The first-order valence-electron chi connectivity index (χ1n) is 19.4. The van der Waals surface area contributed by atoms with Crippen LogP contribution in [0.4, 0.5) is 0 Å². The van der Waals surface area contributed by atoms with Crippen LogP contribution >= 0.6 is 0 Å². The first-order valence-corrected chi connectivity index (χ1v) is 19.4. The molecular formula is C51H33N9. The van der Waals surface area contributed by atoms with Gasteiger partial charge in [-0.2, -0.15) is 0 Å². The zero-order chi connectivity index (χ0) is 40.1. The van der Waals surface area contributed by atoms with Crippen LogP contribution in [0.1, 0.15) is 0 Å². The summed E-state index contributed by atoms with van der Waals surface area (Å²) in [7, 11) is 0. The molecule has 8 heterocycles. The highest BCUT2D eigenvalue weighted by molar-refractivity contribution is 5.81. The van der Waals surface area contributed by atoms with Gasteiger partial charge in [-0.1, -0.05) is 84.9 Å². The van der Waals surface area contributed by atoms with Crippen molar-refractivity contribution in [1.82, 2.24) is 44.9 Å². The second kappa shape index (κ2) is 16.2. The molecule has 10 rings (SSSR count). The molecular weight excluding hydrogens is 739 g/mol. The summed E-state index contributed by atoms with van der Waals surface area (Å²) in [6, 6.07) is 57.8. The molecule has 60 heavy (non-hydrogen) atoms. The van der Waals surface area contributed by atoms with Crippen molar-refractivity contribution in [2.45, 2.75) is 0 Å². The predicted octanol–water partition coefficient (Wildman–Crippen LogP) is 11.2. The maximum atomic E-state index is 5.35. The Kier molecular flexibility index (Phi) is 9.71. The molecule has 0 fully saturated rings. The first-order chi connectivity index (χ1) is 29.7. The lowest BCUT2D eigenvalue weighted by molar-refractivity contribution is 1.16. The van der Waals surface area contributed by atoms with Crippen molar-refractivity contribution in [3.05, 3.63) is 201 Å². The predicted molar refractivity (Wildman–Crippen MR) is 236 cm³/mol. The Morgan fingerprint density at radius 3 is 0.833 bits per heavy atom. The lowest BCUT2D eigenvalue weighted by Crippen LogP contribution is -2.00.